The third-order valence-corrected chi connectivity index (χ3v) is 3.53. The number of nitrogens with one attached hydrogen (secondary N) is 1. The molecule has 1 aromatic heterocycles. The highest BCUT2D eigenvalue weighted by Crippen LogP contribution is 2.15. The Morgan fingerprint density at radius 1 is 1.25 bits per heavy atom. The summed E-state index contributed by atoms with van der Waals surface area (Å²) in [4.78, 5) is 23.4. The quantitative estimate of drug-likeness (QED) is 0.889. The summed E-state index contributed by atoms with van der Waals surface area (Å²) in [6.07, 6.45) is 1.46. The number of pyridine rings is 1. The number of carbonyl (C=O) groups is 1. The third kappa shape index (κ3) is 3.71. The van der Waals surface area contributed by atoms with E-state index in [1.165, 1.54) is 22.9 Å². The maximum absolute atomic E-state index is 11.8. The SMILES string of the molecule is Nc1ccc(=O)n(CC(=O)NCc2ccccc2Br)c1. The fourth-order valence-electron chi connectivity index (χ4n) is 1.72. The van der Waals surface area contributed by atoms with Crippen LogP contribution in [0.4, 0.5) is 5.69 Å². The monoisotopic (exact) mass is 335 g/mol. The molecule has 0 fully saturated rings. The lowest BCUT2D eigenvalue weighted by Crippen LogP contribution is -2.31. The summed E-state index contributed by atoms with van der Waals surface area (Å²) in [5.41, 5.74) is 6.76. The molecule has 0 bridgehead atoms. The van der Waals surface area contributed by atoms with E-state index < -0.39 is 0 Å². The molecular weight excluding hydrogens is 322 g/mol. The second-order valence-corrected chi connectivity index (χ2v) is 5.15. The zero-order valence-electron chi connectivity index (χ0n) is 10.7. The van der Waals surface area contributed by atoms with Gasteiger partial charge in [-0.2, -0.15) is 0 Å². The number of anilines is 1. The average Bonchev–Trinajstić information content (AvgIpc) is 2.42. The van der Waals surface area contributed by atoms with Gasteiger partial charge in [-0.15, -0.1) is 0 Å². The number of amides is 1. The lowest BCUT2D eigenvalue weighted by Gasteiger charge is -2.09. The van der Waals surface area contributed by atoms with Crippen molar-refractivity contribution in [1.29, 1.82) is 0 Å². The van der Waals surface area contributed by atoms with Crippen LogP contribution in [0.5, 0.6) is 0 Å². The molecule has 1 amide bonds. The number of nitrogens with zero attached hydrogens (tertiary/aromatic N) is 1. The Labute approximate surface area is 124 Å². The molecule has 0 aliphatic rings. The average molecular weight is 336 g/mol. The number of aromatic nitrogens is 1. The van der Waals surface area contributed by atoms with E-state index >= 15 is 0 Å². The van der Waals surface area contributed by atoms with Crippen LogP contribution in [0.15, 0.2) is 51.9 Å². The Bertz CT molecular complexity index is 682. The zero-order valence-corrected chi connectivity index (χ0v) is 12.3. The molecule has 0 unspecified atom stereocenters. The van der Waals surface area contributed by atoms with Gasteiger partial charge < -0.3 is 15.6 Å². The van der Waals surface area contributed by atoms with Crippen LogP contribution in [-0.2, 0) is 17.9 Å². The number of halogens is 1. The summed E-state index contributed by atoms with van der Waals surface area (Å²) < 4.78 is 2.21. The second kappa shape index (κ2) is 6.38. The fraction of sp³-hybridized carbons (Fsp3) is 0.143. The molecule has 0 saturated heterocycles. The van der Waals surface area contributed by atoms with Gasteiger partial charge in [0.2, 0.25) is 5.91 Å². The number of carbonyl (C=O) groups excluding carboxylic acids is 1. The number of hydrogen-bond donors (Lipinski definition) is 2. The highest BCUT2D eigenvalue weighted by atomic mass is 79.9. The zero-order chi connectivity index (χ0) is 14.5. The Morgan fingerprint density at radius 3 is 2.75 bits per heavy atom. The Kier molecular flexibility index (Phi) is 4.57. The van der Waals surface area contributed by atoms with Crippen LogP contribution in [0.25, 0.3) is 0 Å². The van der Waals surface area contributed by atoms with Crippen LogP contribution >= 0.6 is 15.9 Å². The van der Waals surface area contributed by atoms with Gasteiger partial charge in [0.25, 0.3) is 5.56 Å². The van der Waals surface area contributed by atoms with Crippen molar-refractivity contribution in [2.45, 2.75) is 13.1 Å². The Morgan fingerprint density at radius 2 is 2.00 bits per heavy atom. The van der Waals surface area contributed by atoms with Crippen molar-refractivity contribution in [1.82, 2.24) is 9.88 Å². The van der Waals surface area contributed by atoms with E-state index in [0.717, 1.165) is 10.0 Å². The molecule has 2 aromatic rings. The highest BCUT2D eigenvalue weighted by molar-refractivity contribution is 9.10. The molecule has 104 valence electrons. The van der Waals surface area contributed by atoms with E-state index in [2.05, 4.69) is 21.2 Å². The molecule has 6 heteroatoms. The number of rotatable bonds is 4. The number of nitrogen functional groups attached to an aromatic ring is 1. The molecule has 2 rings (SSSR count). The number of hydrogen-bond acceptors (Lipinski definition) is 3. The summed E-state index contributed by atoms with van der Waals surface area (Å²) in [6.45, 7) is 0.353. The van der Waals surface area contributed by atoms with E-state index in [4.69, 9.17) is 5.73 Å². The number of benzene rings is 1. The lowest BCUT2D eigenvalue weighted by atomic mass is 10.2. The summed E-state index contributed by atoms with van der Waals surface area (Å²) in [5, 5.41) is 2.77. The van der Waals surface area contributed by atoms with Gasteiger partial charge in [0.1, 0.15) is 6.54 Å². The van der Waals surface area contributed by atoms with Crippen molar-refractivity contribution in [3.63, 3.8) is 0 Å². The van der Waals surface area contributed by atoms with Crippen LogP contribution in [0.3, 0.4) is 0 Å². The summed E-state index contributed by atoms with van der Waals surface area (Å²) in [6, 6.07) is 10.5. The first kappa shape index (κ1) is 14.3. The van der Waals surface area contributed by atoms with Gasteiger partial charge in [-0.3, -0.25) is 9.59 Å². The molecule has 3 N–H and O–H groups in total. The van der Waals surface area contributed by atoms with Crippen LogP contribution < -0.4 is 16.6 Å². The van der Waals surface area contributed by atoms with Crippen molar-refractivity contribution in [2.75, 3.05) is 5.73 Å². The van der Waals surface area contributed by atoms with Gasteiger partial charge in [-0.05, 0) is 17.7 Å². The maximum atomic E-state index is 11.8. The first-order valence-electron chi connectivity index (χ1n) is 6.02. The van der Waals surface area contributed by atoms with Crippen molar-refractivity contribution in [2.24, 2.45) is 0 Å². The van der Waals surface area contributed by atoms with Crippen LogP contribution in [0, 0.1) is 0 Å². The van der Waals surface area contributed by atoms with Gasteiger partial charge in [0, 0.05) is 29.0 Å². The molecule has 0 radical (unpaired) electrons. The van der Waals surface area contributed by atoms with Gasteiger partial charge in [0.05, 0.1) is 0 Å². The Hall–Kier alpha value is -2.08. The number of nitrogens with two attached hydrogens (primary N) is 1. The molecule has 0 spiro atoms. The van der Waals surface area contributed by atoms with Gasteiger partial charge in [-0.25, -0.2) is 0 Å². The summed E-state index contributed by atoms with van der Waals surface area (Å²) in [7, 11) is 0. The topological polar surface area (TPSA) is 77.1 Å². The third-order valence-electron chi connectivity index (χ3n) is 2.75. The first-order valence-corrected chi connectivity index (χ1v) is 6.81. The van der Waals surface area contributed by atoms with Crippen molar-refractivity contribution in [3.05, 3.63) is 63.0 Å². The largest absolute Gasteiger partial charge is 0.398 e. The standard InChI is InChI=1S/C14H14BrN3O2/c15-12-4-2-1-3-10(12)7-17-13(19)9-18-8-11(16)5-6-14(18)20/h1-6,8H,7,9,16H2,(H,17,19). The van der Waals surface area contributed by atoms with Gasteiger partial charge in [-0.1, -0.05) is 34.1 Å². The molecule has 1 aromatic carbocycles. The van der Waals surface area contributed by atoms with E-state index in [9.17, 15) is 9.59 Å². The van der Waals surface area contributed by atoms with Gasteiger partial charge in [0.15, 0.2) is 0 Å². The van der Waals surface area contributed by atoms with E-state index in [-0.39, 0.29) is 18.0 Å². The first-order chi connectivity index (χ1) is 9.56. The molecular formula is C14H14BrN3O2. The molecule has 5 nitrogen and oxygen atoms in total. The van der Waals surface area contributed by atoms with Crippen molar-refractivity contribution in [3.8, 4) is 0 Å². The van der Waals surface area contributed by atoms with E-state index in [1.54, 1.807) is 0 Å². The van der Waals surface area contributed by atoms with Crippen LogP contribution in [0.1, 0.15) is 5.56 Å². The van der Waals surface area contributed by atoms with E-state index in [1.807, 2.05) is 24.3 Å². The smallest absolute Gasteiger partial charge is 0.251 e. The fourth-order valence-corrected chi connectivity index (χ4v) is 2.14. The minimum Gasteiger partial charge on any atom is -0.398 e. The minimum absolute atomic E-state index is 0.0473. The summed E-state index contributed by atoms with van der Waals surface area (Å²) in [5.74, 6) is -0.242. The van der Waals surface area contributed by atoms with Crippen LogP contribution in [0.2, 0.25) is 0 Å². The molecule has 0 atom stereocenters. The van der Waals surface area contributed by atoms with Crippen LogP contribution in [-0.4, -0.2) is 10.5 Å². The van der Waals surface area contributed by atoms with E-state index in [0.29, 0.717) is 12.2 Å². The van der Waals surface area contributed by atoms with Gasteiger partial charge >= 0.3 is 0 Å². The normalized spacial score (nSPS) is 10.2. The highest BCUT2D eigenvalue weighted by Gasteiger charge is 2.05. The molecule has 0 aliphatic heterocycles. The maximum Gasteiger partial charge on any atom is 0.251 e. The molecule has 0 saturated carbocycles. The van der Waals surface area contributed by atoms with Crippen molar-refractivity contribution < 1.29 is 4.79 Å². The predicted molar refractivity (Wildman–Crippen MR) is 81.1 cm³/mol. The second-order valence-electron chi connectivity index (χ2n) is 4.30. The molecule has 20 heavy (non-hydrogen) atoms. The molecule has 0 aliphatic carbocycles. The molecule has 1 heterocycles. The summed E-state index contributed by atoms with van der Waals surface area (Å²) >= 11 is 3.41. The lowest BCUT2D eigenvalue weighted by molar-refractivity contribution is -0.121. The predicted octanol–water partition coefficient (Wildman–Crippen LogP) is 1.51. The van der Waals surface area contributed by atoms with Crippen molar-refractivity contribution >= 4 is 27.5 Å². The Balaban J connectivity index is 1.98. The minimum atomic E-state index is -0.254.